The second-order valence-corrected chi connectivity index (χ2v) is 6.80. The van der Waals surface area contributed by atoms with Crippen LogP contribution < -0.4 is 0 Å². The van der Waals surface area contributed by atoms with Crippen LogP contribution in [0.3, 0.4) is 0 Å². The van der Waals surface area contributed by atoms with E-state index >= 15 is 0 Å². The van der Waals surface area contributed by atoms with Gasteiger partial charge in [-0.1, -0.05) is 35.9 Å². The standard InChI is InChI=1S/C20H23ClN2O/c1-15-7-4-11-18(22-15)19-12-6-14-23(19)20(24)13-5-9-16-8-2-3-10-17(16)21/h2-4,7-8,10-11,19H,5-6,9,12-14H2,1H3. The van der Waals surface area contributed by atoms with Crippen molar-refractivity contribution >= 4 is 17.5 Å². The first kappa shape index (κ1) is 17.0. The molecule has 126 valence electrons. The fourth-order valence-electron chi connectivity index (χ4n) is 3.40. The van der Waals surface area contributed by atoms with Crippen LogP contribution in [0.5, 0.6) is 0 Å². The van der Waals surface area contributed by atoms with E-state index in [1.165, 1.54) is 0 Å². The maximum atomic E-state index is 12.7. The number of hydrogen-bond donors (Lipinski definition) is 0. The lowest BCUT2D eigenvalue weighted by Crippen LogP contribution is -2.30. The highest BCUT2D eigenvalue weighted by Gasteiger charge is 2.30. The fraction of sp³-hybridized carbons (Fsp3) is 0.400. The van der Waals surface area contributed by atoms with Crippen molar-refractivity contribution in [3.8, 4) is 0 Å². The predicted octanol–water partition coefficient (Wildman–Crippen LogP) is 4.73. The number of rotatable bonds is 5. The van der Waals surface area contributed by atoms with Crippen LogP contribution in [0, 0.1) is 6.92 Å². The summed E-state index contributed by atoms with van der Waals surface area (Å²) in [6, 6.07) is 14.0. The van der Waals surface area contributed by atoms with Crippen LogP contribution in [0.25, 0.3) is 0 Å². The first-order valence-electron chi connectivity index (χ1n) is 8.61. The molecule has 1 unspecified atom stereocenters. The van der Waals surface area contributed by atoms with Crippen LogP contribution in [0.2, 0.25) is 5.02 Å². The maximum absolute atomic E-state index is 12.7. The molecule has 3 rings (SSSR count). The fourth-order valence-corrected chi connectivity index (χ4v) is 3.63. The predicted molar refractivity (Wildman–Crippen MR) is 97.1 cm³/mol. The van der Waals surface area contributed by atoms with Crippen LogP contribution in [0.4, 0.5) is 0 Å². The Hall–Kier alpha value is -1.87. The van der Waals surface area contributed by atoms with Gasteiger partial charge < -0.3 is 4.90 Å². The van der Waals surface area contributed by atoms with Gasteiger partial charge in [-0.2, -0.15) is 0 Å². The minimum Gasteiger partial charge on any atom is -0.334 e. The van der Waals surface area contributed by atoms with Gasteiger partial charge in [0.15, 0.2) is 0 Å². The SMILES string of the molecule is Cc1cccc(C2CCCN2C(=O)CCCc2ccccc2Cl)n1. The van der Waals surface area contributed by atoms with Crippen LogP contribution in [0.1, 0.15) is 48.7 Å². The molecule has 1 fully saturated rings. The number of benzene rings is 1. The van der Waals surface area contributed by atoms with Crippen LogP contribution >= 0.6 is 11.6 Å². The second kappa shape index (κ2) is 7.80. The van der Waals surface area contributed by atoms with Crippen molar-refractivity contribution in [3.05, 3.63) is 64.4 Å². The summed E-state index contributed by atoms with van der Waals surface area (Å²) in [4.78, 5) is 19.3. The third-order valence-corrected chi connectivity index (χ3v) is 4.99. The van der Waals surface area contributed by atoms with E-state index in [1.807, 2.05) is 54.3 Å². The Labute approximate surface area is 148 Å². The molecule has 2 aromatic rings. The molecule has 1 aliphatic rings. The van der Waals surface area contributed by atoms with Crippen molar-refractivity contribution in [1.82, 2.24) is 9.88 Å². The van der Waals surface area contributed by atoms with Crippen molar-refractivity contribution in [1.29, 1.82) is 0 Å². The third kappa shape index (κ3) is 3.96. The Morgan fingerprint density at radius 1 is 1.25 bits per heavy atom. The molecule has 1 atom stereocenters. The first-order valence-corrected chi connectivity index (χ1v) is 8.99. The van der Waals surface area contributed by atoms with Gasteiger partial charge in [0.05, 0.1) is 11.7 Å². The van der Waals surface area contributed by atoms with E-state index in [0.717, 1.165) is 54.2 Å². The van der Waals surface area contributed by atoms with Gasteiger partial charge in [-0.15, -0.1) is 0 Å². The lowest BCUT2D eigenvalue weighted by molar-refractivity contribution is -0.132. The molecular formula is C20H23ClN2O. The average Bonchev–Trinajstić information content (AvgIpc) is 3.06. The first-order chi connectivity index (χ1) is 11.6. The Bertz CT molecular complexity index is 716. The molecule has 1 aliphatic heterocycles. The smallest absolute Gasteiger partial charge is 0.223 e. The average molecular weight is 343 g/mol. The Morgan fingerprint density at radius 3 is 2.88 bits per heavy atom. The Kier molecular flexibility index (Phi) is 5.52. The van der Waals surface area contributed by atoms with Gasteiger partial charge in [-0.05, 0) is 56.4 Å². The zero-order valence-corrected chi connectivity index (χ0v) is 14.8. The molecular weight excluding hydrogens is 320 g/mol. The maximum Gasteiger partial charge on any atom is 0.223 e. The van der Waals surface area contributed by atoms with Crippen LogP contribution in [-0.4, -0.2) is 22.3 Å². The van der Waals surface area contributed by atoms with Crippen molar-refractivity contribution in [2.24, 2.45) is 0 Å². The van der Waals surface area contributed by atoms with Gasteiger partial charge in [0.2, 0.25) is 5.91 Å². The molecule has 1 aromatic heterocycles. The van der Waals surface area contributed by atoms with E-state index in [0.29, 0.717) is 6.42 Å². The van der Waals surface area contributed by atoms with Gasteiger partial charge in [0.1, 0.15) is 0 Å². The molecule has 0 spiro atoms. The quantitative estimate of drug-likeness (QED) is 0.787. The summed E-state index contributed by atoms with van der Waals surface area (Å²) in [5.41, 5.74) is 3.14. The number of carbonyl (C=O) groups excluding carboxylic acids is 1. The number of pyridine rings is 1. The zero-order chi connectivity index (χ0) is 16.9. The van der Waals surface area contributed by atoms with E-state index in [9.17, 15) is 4.79 Å². The molecule has 0 radical (unpaired) electrons. The number of amides is 1. The second-order valence-electron chi connectivity index (χ2n) is 6.39. The van der Waals surface area contributed by atoms with Gasteiger partial charge >= 0.3 is 0 Å². The topological polar surface area (TPSA) is 33.2 Å². The molecule has 0 N–H and O–H groups in total. The molecule has 4 heteroatoms. The molecule has 24 heavy (non-hydrogen) atoms. The van der Waals surface area contributed by atoms with Gasteiger partial charge in [0.25, 0.3) is 0 Å². The zero-order valence-electron chi connectivity index (χ0n) is 14.0. The summed E-state index contributed by atoms with van der Waals surface area (Å²) in [5, 5.41) is 0.785. The summed E-state index contributed by atoms with van der Waals surface area (Å²) < 4.78 is 0. The molecule has 0 aliphatic carbocycles. The largest absolute Gasteiger partial charge is 0.334 e. The Balaban J connectivity index is 1.59. The molecule has 3 nitrogen and oxygen atoms in total. The van der Waals surface area contributed by atoms with Crippen LogP contribution in [0.15, 0.2) is 42.5 Å². The van der Waals surface area contributed by atoms with Crippen molar-refractivity contribution < 1.29 is 4.79 Å². The highest BCUT2D eigenvalue weighted by Crippen LogP contribution is 2.31. The summed E-state index contributed by atoms with van der Waals surface area (Å²) >= 11 is 6.18. The summed E-state index contributed by atoms with van der Waals surface area (Å²) in [5.74, 6) is 0.229. The lowest BCUT2D eigenvalue weighted by Gasteiger charge is -2.24. The third-order valence-electron chi connectivity index (χ3n) is 4.62. The van der Waals surface area contributed by atoms with E-state index in [1.54, 1.807) is 0 Å². The van der Waals surface area contributed by atoms with E-state index in [4.69, 9.17) is 11.6 Å². The number of aryl methyl sites for hydroxylation is 2. The van der Waals surface area contributed by atoms with Crippen LogP contribution in [-0.2, 0) is 11.2 Å². The summed E-state index contributed by atoms with van der Waals surface area (Å²) in [6.45, 7) is 2.83. The van der Waals surface area contributed by atoms with E-state index in [-0.39, 0.29) is 11.9 Å². The molecule has 2 heterocycles. The molecule has 1 amide bonds. The summed E-state index contributed by atoms with van der Waals surface area (Å²) in [7, 11) is 0. The summed E-state index contributed by atoms with van der Waals surface area (Å²) in [6.07, 6.45) is 4.29. The number of aromatic nitrogens is 1. The van der Waals surface area contributed by atoms with Gasteiger partial charge in [-0.3, -0.25) is 9.78 Å². The van der Waals surface area contributed by atoms with Gasteiger partial charge in [-0.25, -0.2) is 0 Å². The molecule has 1 saturated heterocycles. The van der Waals surface area contributed by atoms with Crippen molar-refractivity contribution in [2.45, 2.75) is 45.1 Å². The normalized spacial score (nSPS) is 17.2. The number of halogens is 1. The number of hydrogen-bond acceptors (Lipinski definition) is 2. The highest BCUT2D eigenvalue weighted by atomic mass is 35.5. The lowest BCUT2D eigenvalue weighted by atomic mass is 10.1. The molecule has 1 aromatic carbocycles. The van der Waals surface area contributed by atoms with Crippen molar-refractivity contribution in [2.75, 3.05) is 6.54 Å². The monoisotopic (exact) mass is 342 g/mol. The van der Waals surface area contributed by atoms with Crippen molar-refractivity contribution in [3.63, 3.8) is 0 Å². The Morgan fingerprint density at radius 2 is 2.08 bits per heavy atom. The van der Waals surface area contributed by atoms with E-state index in [2.05, 4.69) is 4.98 Å². The molecule has 0 saturated carbocycles. The molecule has 0 bridgehead atoms. The minimum absolute atomic E-state index is 0.137. The minimum atomic E-state index is 0.137. The van der Waals surface area contributed by atoms with Gasteiger partial charge in [0, 0.05) is 23.7 Å². The van der Waals surface area contributed by atoms with E-state index < -0.39 is 0 Å². The number of likely N-dealkylation sites (tertiary alicyclic amines) is 1. The number of carbonyl (C=O) groups is 1. The highest BCUT2D eigenvalue weighted by molar-refractivity contribution is 6.31. The number of nitrogens with zero attached hydrogens (tertiary/aromatic N) is 2.